The first-order valence-electron chi connectivity index (χ1n) is 8.50. The molecule has 1 amide bonds. The normalized spacial score (nSPS) is 20.3. The Hall–Kier alpha value is -3.06. The van der Waals surface area contributed by atoms with E-state index in [-0.39, 0.29) is 23.6 Å². The van der Waals surface area contributed by atoms with E-state index in [9.17, 15) is 14.7 Å². The molecule has 1 aliphatic rings. The van der Waals surface area contributed by atoms with Crippen molar-refractivity contribution in [1.82, 2.24) is 19.7 Å². The summed E-state index contributed by atoms with van der Waals surface area (Å²) in [5, 5.41) is 12.5. The molecule has 0 aromatic carbocycles. The van der Waals surface area contributed by atoms with Gasteiger partial charge in [-0.25, -0.2) is 4.98 Å². The van der Waals surface area contributed by atoms with E-state index < -0.39 is 11.5 Å². The Labute approximate surface area is 149 Å². The molecule has 3 aromatic heterocycles. The first-order chi connectivity index (χ1) is 12.6. The molecule has 0 radical (unpaired) electrons. The topological polar surface area (TPSA) is 96.6 Å². The summed E-state index contributed by atoms with van der Waals surface area (Å²) in [7, 11) is 0. The van der Waals surface area contributed by atoms with Crippen LogP contribution in [0.4, 0.5) is 0 Å². The number of aliphatic hydroxyl groups is 1. The second-order valence-electron chi connectivity index (χ2n) is 6.50. The molecule has 26 heavy (non-hydrogen) atoms. The number of fused-ring (bicyclic) bond motifs is 1. The van der Waals surface area contributed by atoms with Crippen LogP contribution in [0.1, 0.15) is 34.9 Å². The molecule has 0 unspecified atom stereocenters. The molecule has 132 valence electrons. The SMILES string of the molecule is O=C(N[C@@H](c1ccccn1)C1CC(O)C1)c1cnc2ccccn2c1=O. The zero-order valence-corrected chi connectivity index (χ0v) is 13.9. The predicted octanol–water partition coefficient (Wildman–Crippen LogP) is 1.33. The lowest BCUT2D eigenvalue weighted by Gasteiger charge is -2.37. The van der Waals surface area contributed by atoms with Crippen LogP contribution in [0.2, 0.25) is 0 Å². The fourth-order valence-corrected chi connectivity index (χ4v) is 3.30. The van der Waals surface area contributed by atoms with Crippen LogP contribution in [-0.2, 0) is 0 Å². The molecule has 1 atom stereocenters. The van der Waals surface area contributed by atoms with E-state index in [0.717, 1.165) is 0 Å². The van der Waals surface area contributed by atoms with Crippen molar-refractivity contribution in [2.75, 3.05) is 0 Å². The third-order valence-corrected chi connectivity index (χ3v) is 4.77. The van der Waals surface area contributed by atoms with Crippen molar-refractivity contribution in [1.29, 1.82) is 0 Å². The van der Waals surface area contributed by atoms with Crippen LogP contribution in [0.15, 0.2) is 59.8 Å². The largest absolute Gasteiger partial charge is 0.393 e. The molecule has 3 aromatic rings. The average Bonchev–Trinajstić information content (AvgIpc) is 2.65. The van der Waals surface area contributed by atoms with E-state index in [1.807, 2.05) is 12.1 Å². The maximum atomic E-state index is 12.8. The van der Waals surface area contributed by atoms with Crippen LogP contribution >= 0.6 is 0 Å². The van der Waals surface area contributed by atoms with Crippen LogP contribution in [0.5, 0.6) is 0 Å². The molecule has 0 spiro atoms. The molecule has 0 aliphatic heterocycles. The summed E-state index contributed by atoms with van der Waals surface area (Å²) in [6, 6.07) is 10.3. The van der Waals surface area contributed by atoms with E-state index in [1.54, 1.807) is 36.7 Å². The molecule has 0 saturated heterocycles. The summed E-state index contributed by atoms with van der Waals surface area (Å²) in [6.45, 7) is 0. The van der Waals surface area contributed by atoms with Gasteiger partial charge in [-0.05, 0) is 43.0 Å². The number of hydrogen-bond donors (Lipinski definition) is 2. The monoisotopic (exact) mass is 350 g/mol. The Morgan fingerprint density at radius 3 is 2.73 bits per heavy atom. The van der Waals surface area contributed by atoms with Crippen LogP contribution in [0, 0.1) is 5.92 Å². The Morgan fingerprint density at radius 2 is 2.00 bits per heavy atom. The van der Waals surface area contributed by atoms with Gasteiger partial charge >= 0.3 is 0 Å². The third-order valence-electron chi connectivity index (χ3n) is 4.77. The Bertz CT molecular complexity index is 996. The zero-order chi connectivity index (χ0) is 18.1. The molecular weight excluding hydrogens is 332 g/mol. The average molecular weight is 350 g/mol. The molecule has 4 rings (SSSR count). The van der Waals surface area contributed by atoms with Crippen LogP contribution < -0.4 is 10.9 Å². The molecule has 7 heteroatoms. The molecule has 1 saturated carbocycles. The van der Waals surface area contributed by atoms with E-state index in [1.165, 1.54) is 10.6 Å². The van der Waals surface area contributed by atoms with E-state index in [2.05, 4.69) is 15.3 Å². The first kappa shape index (κ1) is 16.4. The molecule has 7 nitrogen and oxygen atoms in total. The van der Waals surface area contributed by atoms with Crippen molar-refractivity contribution in [2.24, 2.45) is 5.92 Å². The number of aliphatic hydroxyl groups excluding tert-OH is 1. The van der Waals surface area contributed by atoms with Crippen LogP contribution in [0.3, 0.4) is 0 Å². The lowest BCUT2D eigenvalue weighted by molar-refractivity contribution is 0.0228. The predicted molar refractivity (Wildman–Crippen MR) is 94.6 cm³/mol. The van der Waals surface area contributed by atoms with Crippen molar-refractivity contribution >= 4 is 11.6 Å². The van der Waals surface area contributed by atoms with Crippen molar-refractivity contribution in [3.8, 4) is 0 Å². The Kier molecular flexibility index (Phi) is 4.22. The Morgan fingerprint density at radius 1 is 1.19 bits per heavy atom. The number of rotatable bonds is 4. The second-order valence-corrected chi connectivity index (χ2v) is 6.50. The maximum absolute atomic E-state index is 12.8. The van der Waals surface area contributed by atoms with Crippen LogP contribution in [0.25, 0.3) is 5.65 Å². The number of nitrogens with zero attached hydrogens (tertiary/aromatic N) is 3. The number of carbonyl (C=O) groups is 1. The molecule has 0 bridgehead atoms. The van der Waals surface area contributed by atoms with Gasteiger partial charge in [-0.2, -0.15) is 0 Å². The highest BCUT2D eigenvalue weighted by Crippen LogP contribution is 2.37. The highest BCUT2D eigenvalue weighted by Gasteiger charge is 2.36. The van der Waals surface area contributed by atoms with Gasteiger partial charge in [0.2, 0.25) is 0 Å². The van der Waals surface area contributed by atoms with Gasteiger partial charge in [0.15, 0.2) is 0 Å². The van der Waals surface area contributed by atoms with Gasteiger partial charge in [0.1, 0.15) is 11.2 Å². The van der Waals surface area contributed by atoms with Gasteiger partial charge in [0.25, 0.3) is 11.5 Å². The number of pyridine rings is 2. The van der Waals surface area contributed by atoms with Crippen LogP contribution in [-0.4, -0.2) is 31.5 Å². The summed E-state index contributed by atoms with van der Waals surface area (Å²) >= 11 is 0. The molecular formula is C19H18N4O3. The molecule has 3 heterocycles. The summed E-state index contributed by atoms with van der Waals surface area (Å²) in [4.78, 5) is 33.9. The fraction of sp³-hybridized carbons (Fsp3) is 0.263. The van der Waals surface area contributed by atoms with Gasteiger partial charge in [-0.1, -0.05) is 12.1 Å². The van der Waals surface area contributed by atoms with E-state index in [0.29, 0.717) is 24.2 Å². The minimum absolute atomic E-state index is 0.0190. The molecule has 1 aliphatic carbocycles. The minimum atomic E-state index is -0.488. The van der Waals surface area contributed by atoms with Gasteiger partial charge in [0, 0.05) is 18.6 Å². The van der Waals surface area contributed by atoms with Crippen molar-refractivity contribution < 1.29 is 9.90 Å². The van der Waals surface area contributed by atoms with E-state index in [4.69, 9.17) is 0 Å². The summed E-state index contributed by atoms with van der Waals surface area (Å²) in [5.41, 5.74) is 0.764. The first-order valence-corrected chi connectivity index (χ1v) is 8.50. The number of aromatic nitrogens is 3. The Balaban J connectivity index is 1.65. The number of hydrogen-bond acceptors (Lipinski definition) is 5. The smallest absolute Gasteiger partial charge is 0.270 e. The zero-order valence-electron chi connectivity index (χ0n) is 13.9. The molecule has 2 N–H and O–H groups in total. The number of carbonyl (C=O) groups excluding carboxylic acids is 1. The summed E-state index contributed by atoms with van der Waals surface area (Å²) in [6.07, 6.45) is 5.39. The fourth-order valence-electron chi connectivity index (χ4n) is 3.30. The summed E-state index contributed by atoms with van der Waals surface area (Å²) in [5.74, 6) is -0.405. The highest BCUT2D eigenvalue weighted by atomic mass is 16.3. The van der Waals surface area contributed by atoms with Gasteiger partial charge in [-0.3, -0.25) is 19.0 Å². The maximum Gasteiger partial charge on any atom is 0.270 e. The number of amides is 1. The van der Waals surface area contributed by atoms with E-state index >= 15 is 0 Å². The van der Waals surface area contributed by atoms with Crippen molar-refractivity contribution in [2.45, 2.75) is 25.0 Å². The van der Waals surface area contributed by atoms with Gasteiger partial charge in [-0.15, -0.1) is 0 Å². The van der Waals surface area contributed by atoms with Gasteiger partial charge < -0.3 is 10.4 Å². The standard InChI is InChI=1S/C19H18N4O3/c24-13-9-12(10-13)17(15-5-1-3-7-20-15)22-18(25)14-11-21-16-6-2-4-8-23(16)19(14)26/h1-8,11-13,17,24H,9-10H2,(H,22,25)/t12?,13?,17-/m1/s1. The van der Waals surface area contributed by atoms with Crippen molar-refractivity contribution in [3.05, 3.63) is 76.6 Å². The number of nitrogens with one attached hydrogen (secondary N) is 1. The quantitative estimate of drug-likeness (QED) is 0.740. The lowest BCUT2D eigenvalue weighted by atomic mass is 9.76. The van der Waals surface area contributed by atoms with Gasteiger partial charge in [0.05, 0.1) is 17.8 Å². The van der Waals surface area contributed by atoms with Crippen molar-refractivity contribution in [3.63, 3.8) is 0 Å². The minimum Gasteiger partial charge on any atom is -0.393 e. The summed E-state index contributed by atoms with van der Waals surface area (Å²) < 4.78 is 1.35. The second kappa shape index (κ2) is 6.68. The highest BCUT2D eigenvalue weighted by molar-refractivity contribution is 5.94. The lowest BCUT2D eigenvalue weighted by Crippen LogP contribution is -2.43. The third kappa shape index (κ3) is 2.97. The molecule has 1 fully saturated rings.